The van der Waals surface area contributed by atoms with E-state index in [4.69, 9.17) is 0 Å². The monoisotopic (exact) mass is 343 g/mol. The number of para-hydroxylation sites is 1. The van der Waals surface area contributed by atoms with Crippen molar-refractivity contribution in [1.82, 2.24) is 10.2 Å². The molecule has 1 aliphatic rings. The van der Waals surface area contributed by atoms with Crippen molar-refractivity contribution < 1.29 is 4.79 Å². The van der Waals surface area contributed by atoms with Crippen LogP contribution in [-0.2, 0) is 4.79 Å². The van der Waals surface area contributed by atoms with Gasteiger partial charge in [-0.05, 0) is 51.7 Å². The maximum Gasteiger partial charge on any atom is 0.241 e. The van der Waals surface area contributed by atoms with Crippen LogP contribution in [0.4, 0.5) is 5.69 Å². The third-order valence-corrected chi connectivity index (χ3v) is 4.95. The zero-order valence-corrected chi connectivity index (χ0v) is 15.1. The third kappa shape index (κ3) is 4.88. The van der Waals surface area contributed by atoms with Gasteiger partial charge in [0.15, 0.2) is 0 Å². The van der Waals surface area contributed by atoms with E-state index in [9.17, 15) is 4.79 Å². The largest absolute Gasteiger partial charge is 0.324 e. The minimum absolute atomic E-state index is 0. The Labute approximate surface area is 143 Å². The zero-order valence-electron chi connectivity index (χ0n) is 13.5. The number of anilines is 1. The van der Waals surface area contributed by atoms with Gasteiger partial charge in [0.25, 0.3) is 0 Å². The number of hydrogen-bond donors (Lipinski definition) is 2. The van der Waals surface area contributed by atoms with Crippen LogP contribution in [0.3, 0.4) is 0 Å². The van der Waals surface area contributed by atoms with Crippen molar-refractivity contribution in [3.8, 4) is 0 Å². The van der Waals surface area contributed by atoms with Gasteiger partial charge in [0.05, 0.1) is 11.7 Å². The van der Waals surface area contributed by atoms with E-state index in [-0.39, 0.29) is 24.4 Å². The molecule has 1 aromatic carbocycles. The molecule has 124 valence electrons. The van der Waals surface area contributed by atoms with Crippen LogP contribution in [0, 0.1) is 0 Å². The highest BCUT2D eigenvalue weighted by molar-refractivity contribution is 7.98. The van der Waals surface area contributed by atoms with E-state index in [2.05, 4.69) is 15.5 Å². The van der Waals surface area contributed by atoms with E-state index in [0.717, 1.165) is 30.1 Å². The molecule has 0 aliphatic carbocycles. The molecule has 2 rings (SSSR count). The number of benzene rings is 1. The average Bonchev–Trinajstić information content (AvgIpc) is 2.54. The molecule has 6 heteroatoms. The molecule has 1 heterocycles. The van der Waals surface area contributed by atoms with Crippen LogP contribution in [-0.4, -0.2) is 49.3 Å². The van der Waals surface area contributed by atoms with Crippen molar-refractivity contribution >= 4 is 35.8 Å². The highest BCUT2D eigenvalue weighted by atomic mass is 35.5. The number of carbonyl (C=O) groups excluding carboxylic acids is 1. The summed E-state index contributed by atoms with van der Waals surface area (Å²) in [5, 5.41) is 6.39. The van der Waals surface area contributed by atoms with Crippen LogP contribution in [0.25, 0.3) is 0 Å². The lowest BCUT2D eigenvalue weighted by Gasteiger charge is -2.36. The summed E-state index contributed by atoms with van der Waals surface area (Å²) in [7, 11) is 1.99. The standard InChI is InChI=1S/C16H25N3OS.ClH/c1-12(19-10-6-7-13(11-19)17-2)16(20)18-14-8-4-5-9-15(14)21-3;/h4-5,8-9,12-13,17H,6-7,10-11H2,1-3H3,(H,18,20);1H. The van der Waals surface area contributed by atoms with Gasteiger partial charge in [0, 0.05) is 17.5 Å². The number of hydrogen-bond acceptors (Lipinski definition) is 4. The number of nitrogens with zero attached hydrogens (tertiary/aromatic N) is 1. The highest BCUT2D eigenvalue weighted by Crippen LogP contribution is 2.25. The Balaban J connectivity index is 0.00000242. The van der Waals surface area contributed by atoms with Gasteiger partial charge in [0.1, 0.15) is 0 Å². The van der Waals surface area contributed by atoms with Gasteiger partial charge >= 0.3 is 0 Å². The first-order chi connectivity index (χ1) is 10.2. The Morgan fingerprint density at radius 2 is 2.14 bits per heavy atom. The number of amides is 1. The number of rotatable bonds is 5. The first-order valence-electron chi connectivity index (χ1n) is 7.51. The topological polar surface area (TPSA) is 44.4 Å². The SMILES string of the molecule is CNC1CCCN(C(C)C(=O)Nc2ccccc2SC)C1.Cl. The Hall–Kier alpha value is -0.750. The van der Waals surface area contributed by atoms with Crippen molar-refractivity contribution in [2.24, 2.45) is 0 Å². The average molecular weight is 344 g/mol. The van der Waals surface area contributed by atoms with Crippen LogP contribution in [0.15, 0.2) is 29.2 Å². The smallest absolute Gasteiger partial charge is 0.241 e. The molecule has 1 saturated heterocycles. The van der Waals surface area contributed by atoms with Gasteiger partial charge < -0.3 is 10.6 Å². The molecular formula is C16H26ClN3OS. The maximum atomic E-state index is 12.5. The van der Waals surface area contributed by atoms with E-state index < -0.39 is 0 Å². The van der Waals surface area contributed by atoms with Crippen LogP contribution < -0.4 is 10.6 Å². The molecule has 2 unspecified atom stereocenters. The van der Waals surface area contributed by atoms with Crippen molar-refractivity contribution in [2.45, 2.75) is 36.7 Å². The summed E-state index contributed by atoms with van der Waals surface area (Å²) in [6, 6.07) is 8.33. The van der Waals surface area contributed by atoms with Crippen molar-refractivity contribution in [1.29, 1.82) is 0 Å². The minimum Gasteiger partial charge on any atom is -0.324 e. The lowest BCUT2D eigenvalue weighted by molar-refractivity contribution is -0.121. The first-order valence-corrected chi connectivity index (χ1v) is 8.73. The van der Waals surface area contributed by atoms with Gasteiger partial charge in [-0.25, -0.2) is 0 Å². The fourth-order valence-electron chi connectivity index (χ4n) is 2.74. The van der Waals surface area contributed by atoms with E-state index in [1.54, 1.807) is 11.8 Å². The highest BCUT2D eigenvalue weighted by Gasteiger charge is 2.26. The normalized spacial score (nSPS) is 20.0. The summed E-state index contributed by atoms with van der Waals surface area (Å²) >= 11 is 1.65. The molecule has 0 saturated carbocycles. The predicted octanol–water partition coefficient (Wildman–Crippen LogP) is 2.84. The fourth-order valence-corrected chi connectivity index (χ4v) is 3.30. The quantitative estimate of drug-likeness (QED) is 0.807. The second-order valence-corrected chi connectivity index (χ2v) is 6.34. The minimum atomic E-state index is -0.101. The molecule has 0 bridgehead atoms. The number of carbonyl (C=O) groups is 1. The molecule has 0 radical (unpaired) electrons. The number of halogens is 1. The maximum absolute atomic E-state index is 12.5. The van der Waals surface area contributed by atoms with Crippen LogP contribution >= 0.6 is 24.2 Å². The van der Waals surface area contributed by atoms with Gasteiger partial charge in [0.2, 0.25) is 5.91 Å². The lowest BCUT2D eigenvalue weighted by atomic mass is 10.0. The predicted molar refractivity (Wildman–Crippen MR) is 97.2 cm³/mol. The van der Waals surface area contributed by atoms with Crippen LogP contribution in [0.2, 0.25) is 0 Å². The van der Waals surface area contributed by atoms with Gasteiger partial charge in [-0.15, -0.1) is 24.2 Å². The van der Waals surface area contributed by atoms with Crippen LogP contribution in [0.5, 0.6) is 0 Å². The summed E-state index contributed by atoms with van der Waals surface area (Å²) in [5.74, 6) is 0.0771. The zero-order chi connectivity index (χ0) is 15.2. The number of nitrogens with one attached hydrogen (secondary N) is 2. The van der Waals surface area contributed by atoms with E-state index in [0.29, 0.717) is 6.04 Å². The lowest BCUT2D eigenvalue weighted by Crippen LogP contribution is -2.51. The Morgan fingerprint density at radius 1 is 1.41 bits per heavy atom. The van der Waals surface area contributed by atoms with Gasteiger partial charge in [-0.3, -0.25) is 9.69 Å². The number of piperidine rings is 1. The number of thioether (sulfide) groups is 1. The second kappa shape index (κ2) is 9.40. The molecule has 1 fully saturated rings. The first kappa shape index (κ1) is 19.3. The summed E-state index contributed by atoms with van der Waals surface area (Å²) in [6.45, 7) is 3.93. The van der Waals surface area contributed by atoms with E-state index >= 15 is 0 Å². The van der Waals surface area contributed by atoms with Gasteiger partial charge in [-0.2, -0.15) is 0 Å². The molecule has 1 aliphatic heterocycles. The number of likely N-dealkylation sites (tertiary alicyclic amines) is 1. The molecule has 2 N–H and O–H groups in total. The van der Waals surface area contributed by atoms with Crippen molar-refractivity contribution in [3.63, 3.8) is 0 Å². The molecule has 2 atom stereocenters. The Morgan fingerprint density at radius 3 is 2.82 bits per heavy atom. The Kier molecular flexibility index (Phi) is 8.25. The van der Waals surface area contributed by atoms with E-state index in [1.807, 2.05) is 44.5 Å². The van der Waals surface area contributed by atoms with Crippen molar-refractivity contribution in [3.05, 3.63) is 24.3 Å². The summed E-state index contributed by atoms with van der Waals surface area (Å²) in [5.41, 5.74) is 0.907. The summed E-state index contributed by atoms with van der Waals surface area (Å²) < 4.78 is 0. The molecule has 0 spiro atoms. The molecule has 22 heavy (non-hydrogen) atoms. The third-order valence-electron chi connectivity index (χ3n) is 4.15. The molecular weight excluding hydrogens is 318 g/mol. The van der Waals surface area contributed by atoms with Crippen LogP contribution in [0.1, 0.15) is 19.8 Å². The van der Waals surface area contributed by atoms with Gasteiger partial charge in [-0.1, -0.05) is 12.1 Å². The molecule has 0 aromatic heterocycles. The molecule has 1 aromatic rings. The molecule has 1 amide bonds. The number of likely N-dealkylation sites (N-methyl/N-ethyl adjacent to an activating group) is 1. The fraction of sp³-hybridized carbons (Fsp3) is 0.562. The Bertz CT molecular complexity index is 486. The summed E-state index contributed by atoms with van der Waals surface area (Å²) in [6.07, 6.45) is 4.36. The summed E-state index contributed by atoms with van der Waals surface area (Å²) in [4.78, 5) is 15.9. The van der Waals surface area contributed by atoms with E-state index in [1.165, 1.54) is 6.42 Å². The second-order valence-electron chi connectivity index (χ2n) is 5.49. The van der Waals surface area contributed by atoms with Crippen molar-refractivity contribution in [2.75, 3.05) is 31.7 Å². The molecule has 4 nitrogen and oxygen atoms in total.